The highest BCUT2D eigenvalue weighted by Gasteiger charge is 2.18. The second kappa shape index (κ2) is 10.7. The molecule has 6 nitrogen and oxygen atoms in total. The number of ether oxygens (including phenoxy) is 2. The molecule has 24 heavy (non-hydrogen) atoms. The largest absolute Gasteiger partial charge is 0.469 e. The van der Waals surface area contributed by atoms with Crippen molar-refractivity contribution in [2.24, 2.45) is 0 Å². The second-order valence-corrected chi connectivity index (χ2v) is 6.45. The number of unbranched alkanes of at least 4 members (excludes halogenated alkanes) is 1. The Balaban J connectivity index is 2.55. The van der Waals surface area contributed by atoms with Gasteiger partial charge in [-0.25, -0.2) is 0 Å². The summed E-state index contributed by atoms with van der Waals surface area (Å²) < 4.78 is 9.27. The third kappa shape index (κ3) is 6.62. The van der Waals surface area contributed by atoms with Gasteiger partial charge in [0.05, 0.1) is 19.8 Å². The first-order valence-electron chi connectivity index (χ1n) is 7.68. The van der Waals surface area contributed by atoms with Crippen LogP contribution in [0.25, 0.3) is 0 Å². The van der Waals surface area contributed by atoms with Crippen LogP contribution >= 0.6 is 11.8 Å². The molecular formula is C17H23NO5S. The van der Waals surface area contributed by atoms with Crippen molar-refractivity contribution < 1.29 is 23.9 Å². The lowest BCUT2D eigenvalue weighted by atomic mass is 10.2. The van der Waals surface area contributed by atoms with E-state index in [0.717, 1.165) is 4.90 Å². The number of nitrogens with one attached hydrogen (secondary N) is 1. The van der Waals surface area contributed by atoms with Gasteiger partial charge in [0, 0.05) is 17.9 Å². The van der Waals surface area contributed by atoms with E-state index in [2.05, 4.69) is 10.1 Å². The summed E-state index contributed by atoms with van der Waals surface area (Å²) in [6, 6.07) is 7.12. The third-order valence-electron chi connectivity index (χ3n) is 3.29. The van der Waals surface area contributed by atoms with Crippen LogP contribution in [0.1, 0.15) is 36.5 Å². The smallest absolute Gasteiger partial charge is 0.318 e. The summed E-state index contributed by atoms with van der Waals surface area (Å²) >= 11 is 1.29. The molecule has 1 aromatic rings. The predicted octanol–water partition coefficient (Wildman–Crippen LogP) is 2.41. The molecule has 1 N–H and O–H groups in total. The highest BCUT2D eigenvalue weighted by molar-refractivity contribution is 8.00. The number of esters is 2. The van der Waals surface area contributed by atoms with E-state index in [1.807, 2.05) is 6.07 Å². The van der Waals surface area contributed by atoms with Gasteiger partial charge in [-0.05, 0) is 31.9 Å². The van der Waals surface area contributed by atoms with E-state index in [9.17, 15) is 14.4 Å². The molecule has 0 aliphatic rings. The summed E-state index contributed by atoms with van der Waals surface area (Å²) in [4.78, 5) is 35.6. The van der Waals surface area contributed by atoms with Crippen molar-refractivity contribution in [2.75, 3.05) is 20.8 Å². The van der Waals surface area contributed by atoms with Gasteiger partial charge in [0.15, 0.2) is 0 Å². The van der Waals surface area contributed by atoms with Crippen LogP contribution in [0.4, 0.5) is 0 Å². The zero-order chi connectivity index (χ0) is 17.9. The Bertz CT molecular complexity index is 576. The highest BCUT2D eigenvalue weighted by Crippen LogP contribution is 2.27. The highest BCUT2D eigenvalue weighted by atomic mass is 32.2. The van der Waals surface area contributed by atoms with E-state index in [4.69, 9.17) is 4.74 Å². The van der Waals surface area contributed by atoms with Crippen molar-refractivity contribution in [3.8, 4) is 0 Å². The molecule has 0 aliphatic heterocycles. The first-order valence-corrected chi connectivity index (χ1v) is 8.56. The number of thioether (sulfide) groups is 1. The van der Waals surface area contributed by atoms with Crippen molar-refractivity contribution in [1.29, 1.82) is 0 Å². The number of benzene rings is 1. The molecule has 0 aliphatic carbocycles. The molecule has 0 aromatic heterocycles. The van der Waals surface area contributed by atoms with Gasteiger partial charge in [0.2, 0.25) is 0 Å². The Morgan fingerprint density at radius 3 is 2.50 bits per heavy atom. The van der Waals surface area contributed by atoms with Crippen LogP contribution in [0.15, 0.2) is 29.2 Å². The molecule has 1 atom stereocenters. The predicted molar refractivity (Wildman–Crippen MR) is 92.0 cm³/mol. The molecule has 1 aromatic carbocycles. The fraction of sp³-hybridized carbons (Fsp3) is 0.471. The van der Waals surface area contributed by atoms with Gasteiger partial charge in [-0.3, -0.25) is 14.4 Å². The summed E-state index contributed by atoms with van der Waals surface area (Å²) in [7, 11) is 2.69. The first kappa shape index (κ1) is 20.0. The summed E-state index contributed by atoms with van der Waals surface area (Å²) in [5.41, 5.74) is 0.520. The second-order valence-electron chi connectivity index (χ2n) is 5.07. The van der Waals surface area contributed by atoms with E-state index in [-0.39, 0.29) is 17.8 Å². The van der Waals surface area contributed by atoms with Gasteiger partial charge in [-0.15, -0.1) is 11.8 Å². The Morgan fingerprint density at radius 2 is 1.83 bits per heavy atom. The summed E-state index contributed by atoms with van der Waals surface area (Å²) in [5, 5.41) is 2.43. The summed E-state index contributed by atoms with van der Waals surface area (Å²) in [6.45, 7) is 2.21. The van der Waals surface area contributed by atoms with Crippen LogP contribution in [-0.2, 0) is 19.1 Å². The fourth-order valence-electron chi connectivity index (χ4n) is 1.96. The van der Waals surface area contributed by atoms with Gasteiger partial charge in [-0.2, -0.15) is 0 Å². The quantitative estimate of drug-likeness (QED) is 0.417. The normalized spacial score (nSPS) is 11.5. The topological polar surface area (TPSA) is 81.7 Å². The zero-order valence-corrected chi connectivity index (χ0v) is 15.0. The molecule has 132 valence electrons. The van der Waals surface area contributed by atoms with Crippen molar-refractivity contribution in [3.05, 3.63) is 29.8 Å². The number of hydrogen-bond acceptors (Lipinski definition) is 6. The van der Waals surface area contributed by atoms with Crippen LogP contribution in [0.3, 0.4) is 0 Å². The molecule has 0 spiro atoms. The molecule has 1 amide bonds. The van der Waals surface area contributed by atoms with Gasteiger partial charge in [-0.1, -0.05) is 12.1 Å². The van der Waals surface area contributed by atoms with Gasteiger partial charge in [0.25, 0.3) is 5.91 Å². The minimum absolute atomic E-state index is 0.201. The fourth-order valence-corrected chi connectivity index (χ4v) is 2.97. The third-order valence-corrected chi connectivity index (χ3v) is 4.45. The molecule has 0 saturated carbocycles. The standard InChI is InChI=1S/C17H23NO5S/c1-12(17(21)23-3)24-14-9-5-4-8-13(14)16(20)18-11-7-6-10-15(19)22-2/h4-5,8-9,12H,6-7,10-11H2,1-3H3,(H,18,20). The lowest BCUT2D eigenvalue weighted by molar-refractivity contribution is -0.141. The lowest BCUT2D eigenvalue weighted by Gasteiger charge is -2.13. The van der Waals surface area contributed by atoms with E-state index < -0.39 is 5.25 Å². The molecule has 0 heterocycles. The number of rotatable bonds is 9. The maximum Gasteiger partial charge on any atom is 0.318 e. The molecule has 0 radical (unpaired) electrons. The van der Waals surface area contributed by atoms with Crippen LogP contribution in [0, 0.1) is 0 Å². The molecular weight excluding hydrogens is 330 g/mol. The van der Waals surface area contributed by atoms with Gasteiger partial charge >= 0.3 is 11.9 Å². The Hall–Kier alpha value is -2.02. The Morgan fingerprint density at radius 1 is 1.12 bits per heavy atom. The lowest BCUT2D eigenvalue weighted by Crippen LogP contribution is -2.25. The maximum atomic E-state index is 12.3. The molecule has 0 saturated heterocycles. The van der Waals surface area contributed by atoms with Crippen molar-refractivity contribution in [2.45, 2.75) is 36.3 Å². The first-order chi connectivity index (χ1) is 11.5. The van der Waals surface area contributed by atoms with E-state index in [1.165, 1.54) is 26.0 Å². The average Bonchev–Trinajstić information content (AvgIpc) is 2.60. The number of hydrogen-bond donors (Lipinski definition) is 1. The van der Waals surface area contributed by atoms with Crippen LogP contribution in [0.2, 0.25) is 0 Å². The monoisotopic (exact) mass is 353 g/mol. The minimum atomic E-state index is -0.399. The molecule has 7 heteroatoms. The zero-order valence-electron chi connectivity index (χ0n) is 14.2. The molecule has 0 bridgehead atoms. The van der Waals surface area contributed by atoms with Crippen molar-refractivity contribution in [3.63, 3.8) is 0 Å². The molecule has 1 unspecified atom stereocenters. The summed E-state index contributed by atoms with van der Waals surface area (Å²) in [6.07, 6.45) is 1.69. The number of methoxy groups -OCH3 is 2. The number of amides is 1. The minimum Gasteiger partial charge on any atom is -0.469 e. The van der Waals surface area contributed by atoms with Crippen LogP contribution in [0.5, 0.6) is 0 Å². The Labute approximate surface area is 146 Å². The van der Waals surface area contributed by atoms with Crippen LogP contribution < -0.4 is 5.32 Å². The number of carbonyl (C=O) groups is 3. The van der Waals surface area contributed by atoms with Crippen molar-refractivity contribution >= 4 is 29.6 Å². The average molecular weight is 353 g/mol. The summed E-state index contributed by atoms with van der Waals surface area (Å²) in [5.74, 6) is -0.786. The SMILES string of the molecule is COC(=O)CCCCNC(=O)c1ccccc1SC(C)C(=O)OC. The van der Waals surface area contributed by atoms with Crippen LogP contribution in [-0.4, -0.2) is 43.9 Å². The van der Waals surface area contributed by atoms with E-state index in [0.29, 0.717) is 31.4 Å². The molecule has 0 fully saturated rings. The van der Waals surface area contributed by atoms with Gasteiger partial charge in [0.1, 0.15) is 5.25 Å². The number of carbonyl (C=O) groups excluding carboxylic acids is 3. The maximum absolute atomic E-state index is 12.3. The van der Waals surface area contributed by atoms with Gasteiger partial charge < -0.3 is 14.8 Å². The molecule has 1 rings (SSSR count). The van der Waals surface area contributed by atoms with E-state index in [1.54, 1.807) is 25.1 Å². The van der Waals surface area contributed by atoms with Crippen molar-refractivity contribution in [1.82, 2.24) is 5.32 Å². The Kier molecular flexibility index (Phi) is 8.93. The van der Waals surface area contributed by atoms with E-state index >= 15 is 0 Å².